The molecule has 0 saturated carbocycles. The molecule has 1 aliphatic heterocycles. The molecule has 6 nitrogen and oxygen atoms in total. The van der Waals surface area contributed by atoms with Crippen LogP contribution in [-0.2, 0) is 4.79 Å². The summed E-state index contributed by atoms with van der Waals surface area (Å²) in [4.78, 5) is 15.0. The SMILES string of the molecule is C[C@H](O)CNC(=O)C1CCN(c2ccc(Sc3cccc(F)c3)nn2)CC1. The van der Waals surface area contributed by atoms with Gasteiger partial charge in [-0.25, -0.2) is 4.39 Å². The van der Waals surface area contributed by atoms with E-state index in [0.717, 1.165) is 36.6 Å². The quantitative estimate of drug-likeness (QED) is 0.789. The molecular weight excluding hydrogens is 367 g/mol. The van der Waals surface area contributed by atoms with Crippen LogP contribution in [0.15, 0.2) is 46.3 Å². The molecule has 0 radical (unpaired) electrons. The van der Waals surface area contributed by atoms with E-state index in [0.29, 0.717) is 5.03 Å². The molecule has 3 rings (SSSR count). The third-order valence-electron chi connectivity index (χ3n) is 4.41. The normalized spacial score (nSPS) is 16.2. The summed E-state index contributed by atoms with van der Waals surface area (Å²) in [6, 6.07) is 10.2. The molecule has 1 saturated heterocycles. The number of aromatic nitrogens is 2. The lowest BCUT2D eigenvalue weighted by atomic mass is 9.96. The summed E-state index contributed by atoms with van der Waals surface area (Å²) in [5, 5.41) is 21.2. The van der Waals surface area contributed by atoms with Crippen LogP contribution >= 0.6 is 11.8 Å². The maximum absolute atomic E-state index is 13.3. The minimum Gasteiger partial charge on any atom is -0.392 e. The Morgan fingerprint density at radius 1 is 1.33 bits per heavy atom. The number of hydrogen-bond acceptors (Lipinski definition) is 6. The van der Waals surface area contributed by atoms with Crippen molar-refractivity contribution in [3.63, 3.8) is 0 Å². The second-order valence-electron chi connectivity index (χ2n) is 6.64. The van der Waals surface area contributed by atoms with Crippen molar-refractivity contribution < 1.29 is 14.3 Å². The first-order valence-electron chi connectivity index (χ1n) is 8.99. The molecule has 1 aromatic carbocycles. The van der Waals surface area contributed by atoms with Crippen molar-refractivity contribution >= 4 is 23.5 Å². The second kappa shape index (κ2) is 9.14. The van der Waals surface area contributed by atoms with Crippen LogP contribution < -0.4 is 10.2 Å². The predicted molar refractivity (Wildman–Crippen MR) is 102 cm³/mol. The topological polar surface area (TPSA) is 78.4 Å². The van der Waals surface area contributed by atoms with Gasteiger partial charge in [-0.15, -0.1) is 10.2 Å². The number of hydrogen-bond donors (Lipinski definition) is 2. The highest BCUT2D eigenvalue weighted by molar-refractivity contribution is 7.99. The monoisotopic (exact) mass is 390 g/mol. The number of aliphatic hydroxyl groups is 1. The zero-order chi connectivity index (χ0) is 19.2. The van der Waals surface area contributed by atoms with Gasteiger partial charge in [-0.3, -0.25) is 4.79 Å². The summed E-state index contributed by atoms with van der Waals surface area (Å²) in [5.41, 5.74) is 0. The van der Waals surface area contributed by atoms with Crippen molar-refractivity contribution in [1.82, 2.24) is 15.5 Å². The molecule has 144 valence electrons. The van der Waals surface area contributed by atoms with Crippen molar-refractivity contribution in [1.29, 1.82) is 0 Å². The Morgan fingerprint density at radius 2 is 2.11 bits per heavy atom. The summed E-state index contributed by atoms with van der Waals surface area (Å²) in [5.74, 6) is 0.477. The summed E-state index contributed by atoms with van der Waals surface area (Å²) >= 11 is 1.36. The molecule has 0 spiro atoms. The van der Waals surface area contributed by atoms with Crippen molar-refractivity contribution in [3.8, 4) is 0 Å². The van der Waals surface area contributed by atoms with Crippen LogP contribution in [0.2, 0.25) is 0 Å². The fourth-order valence-corrected chi connectivity index (χ4v) is 3.73. The van der Waals surface area contributed by atoms with Gasteiger partial charge in [0.15, 0.2) is 5.82 Å². The van der Waals surface area contributed by atoms with Gasteiger partial charge < -0.3 is 15.3 Å². The number of carbonyl (C=O) groups is 1. The van der Waals surface area contributed by atoms with Crippen molar-refractivity contribution in [2.75, 3.05) is 24.5 Å². The van der Waals surface area contributed by atoms with Crippen LogP contribution in [-0.4, -0.2) is 46.9 Å². The summed E-state index contributed by atoms with van der Waals surface area (Å²) in [6.45, 7) is 3.41. The first-order valence-corrected chi connectivity index (χ1v) is 9.81. The number of rotatable bonds is 6. The van der Waals surface area contributed by atoms with Crippen LogP contribution in [0.5, 0.6) is 0 Å². The van der Waals surface area contributed by atoms with Crippen LogP contribution in [0.1, 0.15) is 19.8 Å². The molecule has 1 aromatic heterocycles. The fraction of sp³-hybridized carbons (Fsp3) is 0.421. The van der Waals surface area contributed by atoms with Crippen molar-refractivity contribution in [2.45, 2.75) is 35.8 Å². The summed E-state index contributed by atoms with van der Waals surface area (Å²) in [6.07, 6.45) is 0.952. The average Bonchev–Trinajstić information content (AvgIpc) is 2.67. The van der Waals surface area contributed by atoms with E-state index in [9.17, 15) is 14.3 Å². The summed E-state index contributed by atoms with van der Waals surface area (Å²) in [7, 11) is 0. The van der Waals surface area contributed by atoms with E-state index in [-0.39, 0.29) is 24.2 Å². The van der Waals surface area contributed by atoms with E-state index in [1.54, 1.807) is 13.0 Å². The Bertz CT molecular complexity index is 765. The number of carbonyl (C=O) groups excluding carboxylic acids is 1. The third-order valence-corrected chi connectivity index (χ3v) is 5.32. The van der Waals surface area contributed by atoms with E-state index < -0.39 is 6.10 Å². The van der Waals surface area contributed by atoms with Gasteiger partial charge in [-0.05, 0) is 50.1 Å². The van der Waals surface area contributed by atoms with Crippen LogP contribution in [0.3, 0.4) is 0 Å². The fourth-order valence-electron chi connectivity index (χ4n) is 2.95. The highest BCUT2D eigenvalue weighted by Crippen LogP contribution is 2.27. The molecule has 27 heavy (non-hydrogen) atoms. The highest BCUT2D eigenvalue weighted by atomic mass is 32.2. The Morgan fingerprint density at radius 3 is 2.74 bits per heavy atom. The minimum absolute atomic E-state index is 0.00322. The van der Waals surface area contributed by atoms with E-state index >= 15 is 0 Å². The molecule has 1 amide bonds. The molecule has 2 aromatic rings. The number of anilines is 1. The third kappa shape index (κ3) is 5.64. The summed E-state index contributed by atoms with van der Waals surface area (Å²) < 4.78 is 13.3. The van der Waals surface area contributed by atoms with E-state index in [1.807, 2.05) is 18.2 Å². The highest BCUT2D eigenvalue weighted by Gasteiger charge is 2.25. The van der Waals surface area contributed by atoms with Gasteiger partial charge in [0.2, 0.25) is 5.91 Å². The van der Waals surface area contributed by atoms with Gasteiger partial charge in [-0.1, -0.05) is 17.8 Å². The molecule has 0 unspecified atom stereocenters. The predicted octanol–water partition coefficient (Wildman–Crippen LogP) is 2.48. The number of amides is 1. The lowest BCUT2D eigenvalue weighted by Crippen LogP contribution is -2.42. The lowest BCUT2D eigenvalue weighted by Gasteiger charge is -2.31. The van der Waals surface area contributed by atoms with Crippen LogP contribution in [0.4, 0.5) is 10.2 Å². The second-order valence-corrected chi connectivity index (χ2v) is 7.74. The molecule has 0 bridgehead atoms. The van der Waals surface area contributed by atoms with E-state index in [4.69, 9.17) is 0 Å². The van der Waals surface area contributed by atoms with Gasteiger partial charge in [0.05, 0.1) is 6.10 Å². The maximum atomic E-state index is 13.3. The minimum atomic E-state index is -0.534. The van der Waals surface area contributed by atoms with Gasteiger partial charge in [-0.2, -0.15) is 0 Å². The average molecular weight is 390 g/mol. The molecule has 1 aliphatic rings. The number of halogens is 1. The van der Waals surface area contributed by atoms with Crippen molar-refractivity contribution in [2.24, 2.45) is 5.92 Å². The largest absolute Gasteiger partial charge is 0.392 e. The number of nitrogens with zero attached hydrogens (tertiary/aromatic N) is 3. The first-order chi connectivity index (χ1) is 13.0. The maximum Gasteiger partial charge on any atom is 0.223 e. The zero-order valence-electron chi connectivity index (χ0n) is 15.1. The standard InChI is InChI=1S/C19H23FN4O2S/c1-13(25)12-21-19(26)14-7-9-24(10-8-14)17-5-6-18(23-22-17)27-16-4-2-3-15(20)11-16/h2-6,11,13-14,25H,7-10,12H2,1H3,(H,21,26)/t13-/m0/s1. The van der Waals surface area contributed by atoms with Gasteiger partial charge >= 0.3 is 0 Å². The van der Waals surface area contributed by atoms with Gasteiger partial charge in [0.25, 0.3) is 0 Å². The Balaban J connectivity index is 1.52. The number of nitrogens with one attached hydrogen (secondary N) is 1. The van der Waals surface area contributed by atoms with E-state index in [2.05, 4.69) is 20.4 Å². The number of piperidine rings is 1. The molecule has 8 heteroatoms. The Kier molecular flexibility index (Phi) is 6.63. The van der Waals surface area contributed by atoms with Gasteiger partial charge in [0, 0.05) is 30.4 Å². The Labute approximate surface area is 162 Å². The molecule has 2 N–H and O–H groups in total. The van der Waals surface area contributed by atoms with Crippen LogP contribution in [0, 0.1) is 11.7 Å². The molecule has 1 fully saturated rings. The Hall–Kier alpha value is -2.19. The zero-order valence-corrected chi connectivity index (χ0v) is 16.0. The van der Waals surface area contributed by atoms with Gasteiger partial charge in [0.1, 0.15) is 10.8 Å². The van der Waals surface area contributed by atoms with Crippen molar-refractivity contribution in [3.05, 3.63) is 42.2 Å². The number of benzene rings is 1. The van der Waals surface area contributed by atoms with Crippen LogP contribution in [0.25, 0.3) is 0 Å². The smallest absolute Gasteiger partial charge is 0.223 e. The molecular formula is C19H23FN4O2S. The molecule has 0 aliphatic carbocycles. The molecule has 2 heterocycles. The number of aliphatic hydroxyl groups excluding tert-OH is 1. The van der Waals surface area contributed by atoms with E-state index in [1.165, 1.54) is 23.9 Å². The first kappa shape index (κ1) is 19.6. The lowest BCUT2D eigenvalue weighted by molar-refractivity contribution is -0.126. The molecule has 1 atom stereocenters.